The molecule has 0 bridgehead atoms. The summed E-state index contributed by atoms with van der Waals surface area (Å²) in [6, 6.07) is 0.566. The van der Waals surface area contributed by atoms with Crippen molar-refractivity contribution in [3.8, 4) is 0 Å². The Morgan fingerprint density at radius 3 is 2.24 bits per heavy atom. The zero-order valence-corrected chi connectivity index (χ0v) is 11.9. The first kappa shape index (κ1) is 16.2. The summed E-state index contributed by atoms with van der Waals surface area (Å²) in [5, 5.41) is 5.72. The van der Waals surface area contributed by atoms with Gasteiger partial charge >= 0.3 is 6.03 Å². The van der Waals surface area contributed by atoms with Crippen LogP contribution in [0.15, 0.2) is 0 Å². The van der Waals surface area contributed by atoms with Crippen molar-refractivity contribution in [1.29, 1.82) is 0 Å². The van der Waals surface area contributed by atoms with E-state index in [1.165, 1.54) is 0 Å². The molecule has 102 valence electrons. The molecule has 17 heavy (non-hydrogen) atoms. The summed E-state index contributed by atoms with van der Waals surface area (Å²) in [6.07, 6.45) is 4.33. The zero-order chi connectivity index (χ0) is 13.1. The highest BCUT2D eigenvalue weighted by molar-refractivity contribution is 5.73. The number of carbonyl (C=O) groups is 1. The van der Waals surface area contributed by atoms with Crippen molar-refractivity contribution in [3.05, 3.63) is 0 Å². The maximum atomic E-state index is 11.3. The van der Waals surface area contributed by atoms with Gasteiger partial charge in [-0.1, -0.05) is 13.3 Å². The molecule has 0 aliphatic carbocycles. The Kier molecular flexibility index (Phi) is 9.92. The lowest BCUT2D eigenvalue weighted by Crippen LogP contribution is -2.36. The molecule has 0 radical (unpaired) electrons. The van der Waals surface area contributed by atoms with Crippen molar-refractivity contribution in [2.24, 2.45) is 0 Å². The van der Waals surface area contributed by atoms with Crippen LogP contribution in [0.25, 0.3) is 0 Å². The molecule has 0 unspecified atom stereocenters. The number of unbranched alkanes of at least 4 members (excludes halogenated alkanes) is 2. The van der Waals surface area contributed by atoms with E-state index in [1.807, 2.05) is 0 Å². The predicted molar refractivity (Wildman–Crippen MR) is 73.3 cm³/mol. The monoisotopic (exact) mass is 243 g/mol. The Labute approximate surface area is 106 Å². The molecule has 0 aromatic rings. The minimum atomic E-state index is -0.0318. The van der Waals surface area contributed by atoms with Crippen LogP contribution in [0.4, 0.5) is 4.79 Å². The average Bonchev–Trinajstić information content (AvgIpc) is 2.28. The van der Waals surface area contributed by atoms with Gasteiger partial charge in [0.25, 0.3) is 0 Å². The third-order valence-electron chi connectivity index (χ3n) is 2.92. The molecule has 0 aromatic heterocycles. The molecule has 0 saturated heterocycles. The van der Waals surface area contributed by atoms with Crippen molar-refractivity contribution < 1.29 is 4.79 Å². The van der Waals surface area contributed by atoms with Gasteiger partial charge in [-0.05, 0) is 46.7 Å². The normalized spacial score (nSPS) is 10.9. The predicted octanol–water partition coefficient (Wildman–Crippen LogP) is 2.21. The Balaban J connectivity index is 3.30. The molecule has 0 fully saturated rings. The van der Waals surface area contributed by atoms with Gasteiger partial charge in [0.2, 0.25) is 0 Å². The van der Waals surface area contributed by atoms with Gasteiger partial charge in [-0.15, -0.1) is 0 Å². The molecular formula is C13H29N3O. The van der Waals surface area contributed by atoms with E-state index in [1.54, 1.807) is 0 Å². The Morgan fingerprint density at radius 1 is 1.12 bits per heavy atom. The fourth-order valence-electron chi connectivity index (χ4n) is 1.39. The van der Waals surface area contributed by atoms with Crippen LogP contribution in [-0.2, 0) is 0 Å². The van der Waals surface area contributed by atoms with Crippen LogP contribution in [0.5, 0.6) is 0 Å². The highest BCUT2D eigenvalue weighted by Crippen LogP contribution is 1.97. The molecule has 0 rings (SSSR count). The highest BCUT2D eigenvalue weighted by Gasteiger charge is 2.02. The number of hydrogen-bond donors (Lipinski definition) is 2. The zero-order valence-electron chi connectivity index (χ0n) is 11.9. The molecule has 2 amide bonds. The molecule has 2 N–H and O–H groups in total. The van der Waals surface area contributed by atoms with Gasteiger partial charge in [0.05, 0.1) is 0 Å². The second-order valence-corrected chi connectivity index (χ2v) is 4.82. The van der Waals surface area contributed by atoms with E-state index in [2.05, 4.69) is 43.4 Å². The van der Waals surface area contributed by atoms with Crippen molar-refractivity contribution in [3.63, 3.8) is 0 Å². The van der Waals surface area contributed by atoms with Gasteiger partial charge in [0.1, 0.15) is 0 Å². The minimum Gasteiger partial charge on any atom is -0.338 e. The Morgan fingerprint density at radius 2 is 1.71 bits per heavy atom. The smallest absolute Gasteiger partial charge is 0.314 e. The summed E-state index contributed by atoms with van der Waals surface area (Å²) in [4.78, 5) is 13.6. The van der Waals surface area contributed by atoms with E-state index < -0.39 is 0 Å². The standard InChI is InChI=1S/C13H29N3O/c1-5-6-9-14-13(17)15-10-7-8-11-16(4)12(2)3/h12H,5-11H2,1-4H3,(H2,14,15,17). The molecule has 0 aliphatic heterocycles. The third-order valence-corrected chi connectivity index (χ3v) is 2.92. The molecule has 0 spiro atoms. The number of amides is 2. The summed E-state index contributed by atoms with van der Waals surface area (Å²) >= 11 is 0. The largest absolute Gasteiger partial charge is 0.338 e. The van der Waals surface area contributed by atoms with Crippen LogP contribution in [0.2, 0.25) is 0 Å². The lowest BCUT2D eigenvalue weighted by molar-refractivity contribution is 0.239. The van der Waals surface area contributed by atoms with Crippen LogP contribution in [0.3, 0.4) is 0 Å². The Hall–Kier alpha value is -0.770. The number of nitrogens with zero attached hydrogens (tertiary/aromatic N) is 1. The highest BCUT2D eigenvalue weighted by atomic mass is 16.2. The number of hydrogen-bond acceptors (Lipinski definition) is 2. The van der Waals surface area contributed by atoms with E-state index in [0.717, 1.165) is 45.3 Å². The summed E-state index contributed by atoms with van der Waals surface area (Å²) in [6.45, 7) is 9.14. The third kappa shape index (κ3) is 10.1. The molecule has 4 nitrogen and oxygen atoms in total. The summed E-state index contributed by atoms with van der Waals surface area (Å²) in [7, 11) is 2.13. The topological polar surface area (TPSA) is 44.4 Å². The van der Waals surface area contributed by atoms with Crippen LogP contribution in [0, 0.1) is 0 Å². The fourth-order valence-corrected chi connectivity index (χ4v) is 1.39. The van der Waals surface area contributed by atoms with Crippen LogP contribution in [0.1, 0.15) is 46.5 Å². The van der Waals surface area contributed by atoms with E-state index in [0.29, 0.717) is 6.04 Å². The molecule has 0 aromatic carbocycles. The van der Waals surface area contributed by atoms with Gasteiger partial charge < -0.3 is 15.5 Å². The van der Waals surface area contributed by atoms with Crippen molar-refractivity contribution in [2.45, 2.75) is 52.5 Å². The van der Waals surface area contributed by atoms with Crippen molar-refractivity contribution >= 4 is 6.03 Å². The van der Waals surface area contributed by atoms with Gasteiger partial charge in [-0.3, -0.25) is 0 Å². The maximum absolute atomic E-state index is 11.3. The van der Waals surface area contributed by atoms with Gasteiger partial charge in [-0.25, -0.2) is 4.79 Å². The van der Waals surface area contributed by atoms with E-state index in [4.69, 9.17) is 0 Å². The quantitative estimate of drug-likeness (QED) is 0.610. The maximum Gasteiger partial charge on any atom is 0.314 e. The van der Waals surface area contributed by atoms with Crippen LogP contribution < -0.4 is 10.6 Å². The van der Waals surface area contributed by atoms with Gasteiger partial charge in [0.15, 0.2) is 0 Å². The molecule has 0 atom stereocenters. The molecule has 4 heteroatoms. The van der Waals surface area contributed by atoms with E-state index in [9.17, 15) is 4.79 Å². The number of nitrogens with one attached hydrogen (secondary N) is 2. The van der Waals surface area contributed by atoms with Gasteiger partial charge in [-0.2, -0.15) is 0 Å². The molecule has 0 saturated carbocycles. The van der Waals surface area contributed by atoms with Crippen LogP contribution in [-0.4, -0.2) is 43.7 Å². The van der Waals surface area contributed by atoms with Crippen molar-refractivity contribution in [1.82, 2.24) is 15.5 Å². The first-order chi connectivity index (χ1) is 8.07. The number of urea groups is 1. The number of carbonyl (C=O) groups excluding carboxylic acids is 1. The first-order valence-corrected chi connectivity index (χ1v) is 6.79. The first-order valence-electron chi connectivity index (χ1n) is 6.79. The lowest BCUT2D eigenvalue weighted by Gasteiger charge is -2.20. The second-order valence-electron chi connectivity index (χ2n) is 4.82. The van der Waals surface area contributed by atoms with E-state index in [-0.39, 0.29) is 6.03 Å². The Bertz CT molecular complexity index is 195. The molecule has 0 heterocycles. The lowest BCUT2D eigenvalue weighted by atomic mass is 10.2. The van der Waals surface area contributed by atoms with Crippen molar-refractivity contribution in [2.75, 3.05) is 26.7 Å². The summed E-state index contributed by atoms with van der Waals surface area (Å²) in [5.41, 5.74) is 0. The molecule has 0 aliphatic rings. The van der Waals surface area contributed by atoms with Crippen LogP contribution >= 0.6 is 0 Å². The average molecular weight is 243 g/mol. The second kappa shape index (κ2) is 10.4. The van der Waals surface area contributed by atoms with E-state index >= 15 is 0 Å². The molecular weight excluding hydrogens is 214 g/mol. The minimum absolute atomic E-state index is 0.0318. The SMILES string of the molecule is CCCCNC(=O)NCCCCN(C)C(C)C. The summed E-state index contributed by atoms with van der Waals surface area (Å²) in [5.74, 6) is 0. The van der Waals surface area contributed by atoms with Gasteiger partial charge in [0, 0.05) is 19.1 Å². The number of rotatable bonds is 9. The summed E-state index contributed by atoms with van der Waals surface area (Å²) < 4.78 is 0. The fraction of sp³-hybridized carbons (Fsp3) is 0.923.